The first kappa shape index (κ1) is 12.5. The van der Waals surface area contributed by atoms with Crippen LogP contribution < -0.4 is 22.1 Å². The summed E-state index contributed by atoms with van der Waals surface area (Å²) in [6, 6.07) is -1.01. The lowest BCUT2D eigenvalue weighted by Crippen LogP contribution is -2.33. The summed E-state index contributed by atoms with van der Waals surface area (Å²) in [5, 5.41) is 5.01. The molecule has 1 atom stereocenters. The number of nitrogens with two attached hydrogens (primary N) is 2. The summed E-state index contributed by atoms with van der Waals surface area (Å²) in [5.74, 6) is 0.345. The van der Waals surface area contributed by atoms with E-state index in [2.05, 4.69) is 10.6 Å². The van der Waals surface area contributed by atoms with Crippen LogP contribution in [0.3, 0.4) is 0 Å². The molecular formula is C8H18N4O2. The van der Waals surface area contributed by atoms with Crippen LogP contribution in [0.1, 0.15) is 19.8 Å². The van der Waals surface area contributed by atoms with Gasteiger partial charge in [-0.2, -0.15) is 0 Å². The highest BCUT2D eigenvalue weighted by atomic mass is 16.2. The number of carbonyl (C=O) groups is 2. The second-order valence-corrected chi connectivity index (χ2v) is 3.28. The number of amides is 4. The molecule has 6 nitrogen and oxygen atoms in total. The van der Waals surface area contributed by atoms with Gasteiger partial charge in [-0.3, -0.25) is 0 Å². The van der Waals surface area contributed by atoms with E-state index in [0.717, 1.165) is 12.8 Å². The van der Waals surface area contributed by atoms with Gasteiger partial charge < -0.3 is 22.1 Å². The third kappa shape index (κ3) is 8.63. The molecule has 1 unspecified atom stereocenters. The molecule has 0 saturated carbocycles. The van der Waals surface area contributed by atoms with E-state index < -0.39 is 12.1 Å². The second-order valence-electron chi connectivity index (χ2n) is 3.28. The molecule has 4 amide bonds. The maximum absolute atomic E-state index is 10.4. The van der Waals surface area contributed by atoms with Crippen molar-refractivity contribution in [2.45, 2.75) is 19.8 Å². The van der Waals surface area contributed by atoms with Crippen LogP contribution in [0.15, 0.2) is 0 Å². The van der Waals surface area contributed by atoms with E-state index in [9.17, 15) is 9.59 Å². The summed E-state index contributed by atoms with van der Waals surface area (Å²) in [6.45, 7) is 3.13. The van der Waals surface area contributed by atoms with Gasteiger partial charge in [-0.15, -0.1) is 0 Å². The first-order valence-electron chi connectivity index (χ1n) is 4.59. The van der Waals surface area contributed by atoms with E-state index in [1.807, 2.05) is 6.92 Å². The molecule has 0 aliphatic rings. The molecule has 6 heteroatoms. The Morgan fingerprint density at radius 1 is 1.21 bits per heavy atom. The van der Waals surface area contributed by atoms with Gasteiger partial charge in [0, 0.05) is 13.1 Å². The lowest BCUT2D eigenvalue weighted by molar-refractivity contribution is 0.247. The predicted octanol–water partition coefficient (Wildman–Crippen LogP) is -0.261. The minimum absolute atomic E-state index is 0.345. The topological polar surface area (TPSA) is 110 Å². The van der Waals surface area contributed by atoms with Crippen molar-refractivity contribution in [3.05, 3.63) is 0 Å². The van der Waals surface area contributed by atoms with Gasteiger partial charge in [0.25, 0.3) is 0 Å². The molecular weight excluding hydrogens is 184 g/mol. The molecule has 0 bridgehead atoms. The second kappa shape index (κ2) is 6.99. The third-order valence-corrected chi connectivity index (χ3v) is 1.80. The monoisotopic (exact) mass is 202 g/mol. The maximum atomic E-state index is 10.4. The number of carbonyl (C=O) groups excluding carboxylic acids is 2. The fraction of sp³-hybridized carbons (Fsp3) is 0.750. The summed E-state index contributed by atoms with van der Waals surface area (Å²) in [4.78, 5) is 20.7. The van der Waals surface area contributed by atoms with Crippen LogP contribution in [0.4, 0.5) is 9.59 Å². The molecule has 0 fully saturated rings. The van der Waals surface area contributed by atoms with E-state index in [0.29, 0.717) is 19.0 Å². The van der Waals surface area contributed by atoms with E-state index in [-0.39, 0.29) is 0 Å². The number of nitrogens with one attached hydrogen (secondary N) is 2. The molecule has 0 heterocycles. The number of primary amides is 2. The van der Waals surface area contributed by atoms with Gasteiger partial charge in [0.2, 0.25) is 0 Å². The zero-order chi connectivity index (χ0) is 11.0. The summed E-state index contributed by atoms with van der Waals surface area (Å²) < 4.78 is 0. The van der Waals surface area contributed by atoms with Crippen LogP contribution in [-0.4, -0.2) is 25.2 Å². The number of hydrogen-bond acceptors (Lipinski definition) is 2. The van der Waals surface area contributed by atoms with Crippen molar-refractivity contribution in [3.63, 3.8) is 0 Å². The van der Waals surface area contributed by atoms with Gasteiger partial charge in [-0.05, 0) is 18.8 Å². The highest BCUT2D eigenvalue weighted by Crippen LogP contribution is 2.02. The number of urea groups is 2. The Bertz CT molecular complexity index is 196. The zero-order valence-corrected chi connectivity index (χ0v) is 8.38. The Balaban J connectivity index is 3.30. The van der Waals surface area contributed by atoms with Crippen molar-refractivity contribution in [2.24, 2.45) is 17.4 Å². The molecule has 0 rings (SSSR count). The van der Waals surface area contributed by atoms with Crippen molar-refractivity contribution in [1.29, 1.82) is 0 Å². The van der Waals surface area contributed by atoms with E-state index >= 15 is 0 Å². The molecule has 0 saturated heterocycles. The van der Waals surface area contributed by atoms with Crippen molar-refractivity contribution in [3.8, 4) is 0 Å². The van der Waals surface area contributed by atoms with Crippen LogP contribution in [-0.2, 0) is 0 Å². The molecule has 6 N–H and O–H groups in total. The highest BCUT2D eigenvalue weighted by molar-refractivity contribution is 5.71. The Morgan fingerprint density at radius 2 is 1.79 bits per heavy atom. The van der Waals surface area contributed by atoms with Gasteiger partial charge in [0.15, 0.2) is 0 Å². The van der Waals surface area contributed by atoms with Crippen molar-refractivity contribution < 1.29 is 9.59 Å². The van der Waals surface area contributed by atoms with Crippen molar-refractivity contribution in [1.82, 2.24) is 10.6 Å². The van der Waals surface area contributed by atoms with Crippen LogP contribution in [0.2, 0.25) is 0 Å². The van der Waals surface area contributed by atoms with Gasteiger partial charge in [-0.25, -0.2) is 9.59 Å². The first-order chi connectivity index (χ1) is 6.52. The van der Waals surface area contributed by atoms with Gasteiger partial charge in [0.05, 0.1) is 0 Å². The van der Waals surface area contributed by atoms with E-state index in [4.69, 9.17) is 11.5 Å². The van der Waals surface area contributed by atoms with Gasteiger partial charge >= 0.3 is 12.1 Å². The standard InChI is InChI=1S/C8H18N4O2/c1-6(5-12-8(10)14)3-2-4-11-7(9)13/h6H,2-5H2,1H3,(H3,9,11,13)(H3,10,12,14). The van der Waals surface area contributed by atoms with E-state index in [1.54, 1.807) is 0 Å². The fourth-order valence-corrected chi connectivity index (χ4v) is 1.04. The Labute approximate surface area is 83.4 Å². The highest BCUT2D eigenvalue weighted by Gasteiger charge is 2.02. The number of hydrogen-bond donors (Lipinski definition) is 4. The van der Waals surface area contributed by atoms with Crippen molar-refractivity contribution in [2.75, 3.05) is 13.1 Å². The summed E-state index contributed by atoms with van der Waals surface area (Å²) in [5.41, 5.74) is 9.80. The fourth-order valence-electron chi connectivity index (χ4n) is 1.04. The lowest BCUT2D eigenvalue weighted by Gasteiger charge is -2.10. The van der Waals surface area contributed by atoms with Gasteiger partial charge in [-0.1, -0.05) is 6.92 Å². The summed E-state index contributed by atoms with van der Waals surface area (Å²) >= 11 is 0. The molecule has 82 valence electrons. The molecule has 0 aromatic heterocycles. The Kier molecular flexibility index (Phi) is 6.26. The molecule has 0 aliphatic carbocycles. The van der Waals surface area contributed by atoms with Crippen LogP contribution in [0.25, 0.3) is 0 Å². The van der Waals surface area contributed by atoms with Crippen LogP contribution in [0, 0.1) is 5.92 Å². The smallest absolute Gasteiger partial charge is 0.312 e. The molecule has 14 heavy (non-hydrogen) atoms. The lowest BCUT2D eigenvalue weighted by atomic mass is 10.1. The molecule has 0 aromatic rings. The minimum Gasteiger partial charge on any atom is -0.352 e. The molecule has 0 spiro atoms. The Morgan fingerprint density at radius 3 is 2.29 bits per heavy atom. The molecule has 0 radical (unpaired) electrons. The number of rotatable bonds is 6. The predicted molar refractivity (Wildman–Crippen MR) is 53.6 cm³/mol. The van der Waals surface area contributed by atoms with Crippen LogP contribution in [0.5, 0.6) is 0 Å². The molecule has 0 aliphatic heterocycles. The minimum atomic E-state index is -0.507. The largest absolute Gasteiger partial charge is 0.352 e. The van der Waals surface area contributed by atoms with Crippen molar-refractivity contribution >= 4 is 12.1 Å². The third-order valence-electron chi connectivity index (χ3n) is 1.80. The quantitative estimate of drug-likeness (QED) is 0.445. The average Bonchev–Trinajstić information content (AvgIpc) is 2.08. The maximum Gasteiger partial charge on any atom is 0.312 e. The first-order valence-corrected chi connectivity index (χ1v) is 4.59. The summed E-state index contributed by atoms with van der Waals surface area (Å²) in [7, 11) is 0. The average molecular weight is 202 g/mol. The normalized spacial score (nSPS) is 11.8. The van der Waals surface area contributed by atoms with Gasteiger partial charge in [0.1, 0.15) is 0 Å². The Hall–Kier alpha value is -1.46. The molecule has 0 aromatic carbocycles. The summed E-state index contributed by atoms with van der Waals surface area (Å²) in [6.07, 6.45) is 1.74. The van der Waals surface area contributed by atoms with Crippen LogP contribution >= 0.6 is 0 Å². The zero-order valence-electron chi connectivity index (χ0n) is 8.38. The SMILES string of the molecule is CC(CCCNC(N)=O)CNC(N)=O. The van der Waals surface area contributed by atoms with E-state index in [1.165, 1.54) is 0 Å².